The third kappa shape index (κ3) is 6.54. The van der Waals surface area contributed by atoms with E-state index in [0.717, 1.165) is 22.4 Å². The Kier molecular flexibility index (Phi) is 9.85. The number of aromatic nitrogens is 2. The van der Waals surface area contributed by atoms with E-state index in [1.807, 2.05) is 84.9 Å². The lowest BCUT2D eigenvalue weighted by Gasteiger charge is -2.41. The summed E-state index contributed by atoms with van der Waals surface area (Å²) in [7, 11) is 0.990. The lowest BCUT2D eigenvalue weighted by molar-refractivity contribution is -0.117. The third-order valence-corrected chi connectivity index (χ3v) is 13.8. The molecule has 0 bridgehead atoms. The first-order valence-corrected chi connectivity index (χ1v) is 18.4. The Bertz CT molecular complexity index is 1660. The van der Waals surface area contributed by atoms with Gasteiger partial charge >= 0.3 is 5.69 Å². The number of methoxy groups -OCH3 is 2. The lowest BCUT2D eigenvalue weighted by Crippen LogP contribution is -2.48. The maximum Gasteiger partial charge on any atom is 0.330 e. The molecule has 46 heavy (non-hydrogen) atoms. The van der Waals surface area contributed by atoms with Gasteiger partial charge in [0.05, 0.1) is 13.7 Å². The molecule has 0 radical (unpaired) electrons. The fraction of sp³-hybridized carbons (Fsp3) is 0.389. The van der Waals surface area contributed by atoms with Crippen LogP contribution < -0.4 is 16.0 Å². The summed E-state index contributed by atoms with van der Waals surface area (Å²) in [5, 5.41) is -0.0429. The Balaban J connectivity index is 1.70. The second-order valence-corrected chi connectivity index (χ2v) is 17.9. The number of aromatic amines is 1. The van der Waals surface area contributed by atoms with Gasteiger partial charge in [0.15, 0.2) is 14.5 Å². The summed E-state index contributed by atoms with van der Waals surface area (Å²) in [6.07, 6.45) is -1.57. The molecule has 0 amide bonds. The maximum atomic E-state index is 13.1. The van der Waals surface area contributed by atoms with Crippen LogP contribution in [-0.4, -0.2) is 57.0 Å². The van der Waals surface area contributed by atoms with Crippen molar-refractivity contribution in [1.82, 2.24) is 9.55 Å². The molecule has 1 aliphatic rings. The number of rotatable bonds is 11. The van der Waals surface area contributed by atoms with Gasteiger partial charge in [-0.05, 0) is 47.0 Å². The van der Waals surface area contributed by atoms with Crippen molar-refractivity contribution in [3.05, 3.63) is 135 Å². The molecule has 5 rings (SSSR count). The molecule has 2 heterocycles. The van der Waals surface area contributed by atoms with E-state index in [1.54, 1.807) is 14.2 Å². The summed E-state index contributed by atoms with van der Waals surface area (Å²) in [4.78, 5) is 27.4. The summed E-state index contributed by atoms with van der Waals surface area (Å²) in [5.74, 6) is 0.718. The number of nitrogens with one attached hydrogen (secondary N) is 1. The third-order valence-electron chi connectivity index (χ3n) is 9.27. The highest BCUT2D eigenvalue weighted by Crippen LogP contribution is 2.46. The molecule has 9 nitrogen and oxygen atoms in total. The van der Waals surface area contributed by atoms with Crippen LogP contribution in [-0.2, 0) is 24.2 Å². The minimum atomic E-state index is -2.22. The average Bonchev–Trinajstić information content (AvgIpc) is 3.39. The van der Waals surface area contributed by atoms with Crippen molar-refractivity contribution in [3.8, 4) is 5.75 Å². The number of benzene rings is 3. The van der Waals surface area contributed by atoms with Gasteiger partial charge in [-0.2, -0.15) is 0 Å². The van der Waals surface area contributed by atoms with Crippen LogP contribution in [0.2, 0.25) is 18.1 Å². The molecule has 4 atom stereocenters. The maximum absolute atomic E-state index is 13.1. The molecule has 244 valence electrons. The molecule has 2 unspecified atom stereocenters. The first-order chi connectivity index (χ1) is 21.9. The number of hydrogen-bond donors (Lipinski definition) is 1. The highest BCUT2D eigenvalue weighted by molar-refractivity contribution is 6.74. The summed E-state index contributed by atoms with van der Waals surface area (Å²) < 4.78 is 33.8. The predicted octanol–water partition coefficient (Wildman–Crippen LogP) is 5.86. The van der Waals surface area contributed by atoms with Crippen molar-refractivity contribution in [3.63, 3.8) is 0 Å². The smallest absolute Gasteiger partial charge is 0.330 e. The molecular weight excluding hydrogens is 600 g/mol. The van der Waals surface area contributed by atoms with Crippen molar-refractivity contribution >= 4 is 8.32 Å². The van der Waals surface area contributed by atoms with Crippen LogP contribution in [0.4, 0.5) is 0 Å². The highest BCUT2D eigenvalue weighted by Gasteiger charge is 2.53. The molecule has 1 saturated heterocycles. The second-order valence-electron chi connectivity index (χ2n) is 13.1. The molecule has 4 aromatic rings. The predicted molar refractivity (Wildman–Crippen MR) is 180 cm³/mol. The van der Waals surface area contributed by atoms with Crippen LogP contribution in [0.5, 0.6) is 5.75 Å². The molecular formula is C36H44N2O7Si. The standard InChI is InChI=1S/C36H44N2O7Si/c1-35(2,3)46(6,7)43-24-29-31(32(42-5)33(44-29)38-23-22-30(39)37-34(38)40)45-36(25-14-10-8-11-15-25,26-16-12-9-13-17-26)27-18-20-28(41-4)21-19-27/h8-23,29,31-33H,24H2,1-7H3,(H,37,39,40)/t29-,31?,32?,33-/m0/s1. The molecule has 0 saturated carbocycles. The Morgan fingerprint density at radius 1 is 0.804 bits per heavy atom. The van der Waals surface area contributed by atoms with Crippen molar-refractivity contribution in [1.29, 1.82) is 0 Å². The van der Waals surface area contributed by atoms with E-state index in [2.05, 4.69) is 38.8 Å². The molecule has 10 heteroatoms. The number of ether oxygens (including phenoxy) is 4. The van der Waals surface area contributed by atoms with Crippen molar-refractivity contribution in [2.24, 2.45) is 0 Å². The van der Waals surface area contributed by atoms with Crippen LogP contribution in [0.25, 0.3) is 0 Å². The molecule has 1 aromatic heterocycles. The van der Waals surface area contributed by atoms with E-state index in [0.29, 0.717) is 0 Å². The van der Waals surface area contributed by atoms with E-state index in [1.165, 1.54) is 16.8 Å². The van der Waals surface area contributed by atoms with Gasteiger partial charge in [0, 0.05) is 19.4 Å². The lowest BCUT2D eigenvalue weighted by atomic mass is 9.79. The van der Waals surface area contributed by atoms with Crippen LogP contribution in [0, 0.1) is 0 Å². The van der Waals surface area contributed by atoms with E-state index >= 15 is 0 Å². The Morgan fingerprint density at radius 2 is 1.37 bits per heavy atom. The zero-order chi connectivity index (χ0) is 33.1. The molecule has 0 aliphatic carbocycles. The fourth-order valence-electron chi connectivity index (χ4n) is 5.67. The second kappa shape index (κ2) is 13.5. The van der Waals surface area contributed by atoms with E-state index in [-0.39, 0.29) is 11.6 Å². The van der Waals surface area contributed by atoms with Gasteiger partial charge in [-0.1, -0.05) is 93.6 Å². The quantitative estimate of drug-likeness (QED) is 0.161. The zero-order valence-electron chi connectivity index (χ0n) is 27.6. The topological polar surface area (TPSA) is 101 Å². The first kappa shape index (κ1) is 33.6. The largest absolute Gasteiger partial charge is 0.497 e. The van der Waals surface area contributed by atoms with Gasteiger partial charge in [0.2, 0.25) is 0 Å². The van der Waals surface area contributed by atoms with Gasteiger partial charge in [-0.15, -0.1) is 0 Å². The molecule has 1 fully saturated rings. The molecule has 0 spiro atoms. The molecule has 1 aliphatic heterocycles. The van der Waals surface area contributed by atoms with Gasteiger partial charge in [0.1, 0.15) is 29.7 Å². The number of nitrogens with zero attached hydrogens (tertiary/aromatic N) is 1. The normalized spacial score (nSPS) is 20.5. The summed E-state index contributed by atoms with van der Waals surface area (Å²) in [6, 6.07) is 29.2. The number of H-pyrrole nitrogens is 1. The SMILES string of the molecule is COc1ccc(C(OC2C(OC)[C@@H](n3ccc(=O)[nH]c3=O)O[C@H]2CO[Si](C)(C)C(C)(C)C)(c2ccccc2)c2ccccc2)cc1. The monoisotopic (exact) mass is 644 g/mol. The average molecular weight is 645 g/mol. The summed E-state index contributed by atoms with van der Waals surface area (Å²) in [6.45, 7) is 11.1. The molecule has 1 N–H and O–H groups in total. The van der Waals surface area contributed by atoms with Crippen molar-refractivity contribution in [2.45, 2.75) is 69.0 Å². The van der Waals surface area contributed by atoms with Crippen LogP contribution in [0.1, 0.15) is 43.7 Å². The Hall–Kier alpha value is -3.80. The Morgan fingerprint density at radius 3 is 1.87 bits per heavy atom. The van der Waals surface area contributed by atoms with Gasteiger partial charge in [0.25, 0.3) is 5.56 Å². The van der Waals surface area contributed by atoms with Crippen molar-refractivity contribution < 1.29 is 23.4 Å². The minimum absolute atomic E-state index is 0.0429. The van der Waals surface area contributed by atoms with Crippen molar-refractivity contribution in [2.75, 3.05) is 20.8 Å². The van der Waals surface area contributed by atoms with Gasteiger partial charge in [-0.25, -0.2) is 4.79 Å². The van der Waals surface area contributed by atoms with Crippen LogP contribution in [0.15, 0.2) is 107 Å². The van der Waals surface area contributed by atoms with E-state index in [4.69, 9.17) is 23.4 Å². The first-order valence-electron chi connectivity index (χ1n) is 15.5. The van der Waals surface area contributed by atoms with Crippen LogP contribution >= 0.6 is 0 Å². The van der Waals surface area contributed by atoms with Gasteiger partial charge < -0.3 is 23.4 Å². The summed E-state index contributed by atoms with van der Waals surface area (Å²) >= 11 is 0. The van der Waals surface area contributed by atoms with Crippen LogP contribution in [0.3, 0.4) is 0 Å². The molecule has 3 aromatic carbocycles. The van der Waals surface area contributed by atoms with E-state index in [9.17, 15) is 9.59 Å². The number of hydrogen-bond acceptors (Lipinski definition) is 7. The Labute approximate surface area is 271 Å². The zero-order valence-corrected chi connectivity index (χ0v) is 28.6. The highest BCUT2D eigenvalue weighted by atomic mass is 28.4. The van der Waals surface area contributed by atoms with E-state index < -0.39 is 49.7 Å². The van der Waals surface area contributed by atoms with Gasteiger partial charge in [-0.3, -0.25) is 14.3 Å². The fourth-order valence-corrected chi connectivity index (χ4v) is 6.69. The minimum Gasteiger partial charge on any atom is -0.497 e. The summed E-state index contributed by atoms with van der Waals surface area (Å²) in [5.41, 5.74) is 0.445.